The lowest BCUT2D eigenvalue weighted by Crippen LogP contribution is -2.30. The van der Waals surface area contributed by atoms with Crippen LogP contribution in [0.1, 0.15) is 409 Å². The summed E-state index contributed by atoms with van der Waals surface area (Å²) in [6.45, 7) is 14.2. The van der Waals surface area contributed by atoms with Crippen molar-refractivity contribution in [2.45, 2.75) is 427 Å². The van der Waals surface area contributed by atoms with E-state index in [1.54, 1.807) is 0 Å². The van der Waals surface area contributed by atoms with E-state index in [1.165, 1.54) is 205 Å². The van der Waals surface area contributed by atoms with Crippen LogP contribution in [0.5, 0.6) is 0 Å². The molecule has 0 aliphatic heterocycles. The topological polar surface area (TPSA) is 237 Å². The molecule has 0 aliphatic rings. The van der Waals surface area contributed by atoms with Crippen LogP contribution in [-0.2, 0) is 65.4 Å². The van der Waals surface area contributed by atoms with Gasteiger partial charge in [-0.1, -0.05) is 357 Å². The Morgan fingerprint density at radius 1 is 0.283 bits per heavy atom. The first kappa shape index (κ1) is 97.1. The summed E-state index contributed by atoms with van der Waals surface area (Å²) < 4.78 is 68.6. The number of ether oxygens (including phenoxy) is 4. The van der Waals surface area contributed by atoms with Crippen molar-refractivity contribution in [1.29, 1.82) is 0 Å². The SMILES string of the molecule is CCC(C)CCCCCCCCCCCCCCCCC(=O)O[C@H](COC(=O)CCCCCCCCCC(C)C)COP(=O)(O)OCC(O)COP(=O)(O)OC[C@@H](COC(=O)CCCCCCCCCCCCCCCCCCCCC(C)C)OC(=O)CCCCCCCCCC(C)C. The molecule has 0 amide bonds. The summed E-state index contributed by atoms with van der Waals surface area (Å²) >= 11 is 0. The Balaban J connectivity index is 5.14. The van der Waals surface area contributed by atoms with E-state index in [4.69, 9.17) is 37.0 Å². The van der Waals surface area contributed by atoms with Gasteiger partial charge in [0.15, 0.2) is 12.2 Å². The molecule has 99 heavy (non-hydrogen) atoms. The second kappa shape index (κ2) is 69.1. The van der Waals surface area contributed by atoms with E-state index in [-0.39, 0.29) is 25.7 Å². The Labute approximate surface area is 607 Å². The number of phosphoric ester groups is 2. The summed E-state index contributed by atoms with van der Waals surface area (Å²) in [4.78, 5) is 72.9. The smallest absolute Gasteiger partial charge is 0.462 e. The van der Waals surface area contributed by atoms with Crippen molar-refractivity contribution in [3.8, 4) is 0 Å². The van der Waals surface area contributed by atoms with Gasteiger partial charge in [-0.15, -0.1) is 0 Å². The van der Waals surface area contributed by atoms with Gasteiger partial charge in [-0.2, -0.15) is 0 Å². The highest BCUT2D eigenvalue weighted by molar-refractivity contribution is 7.47. The molecule has 17 nitrogen and oxygen atoms in total. The molecule has 0 rings (SSSR count). The van der Waals surface area contributed by atoms with E-state index < -0.39 is 97.5 Å². The van der Waals surface area contributed by atoms with Crippen LogP contribution in [0.4, 0.5) is 0 Å². The maximum Gasteiger partial charge on any atom is 0.472 e. The molecule has 0 spiro atoms. The highest BCUT2D eigenvalue weighted by Gasteiger charge is 2.30. The largest absolute Gasteiger partial charge is 0.472 e. The number of hydrogen-bond acceptors (Lipinski definition) is 15. The molecule has 0 aromatic rings. The Morgan fingerprint density at radius 2 is 0.485 bits per heavy atom. The lowest BCUT2D eigenvalue weighted by molar-refractivity contribution is -0.161. The fourth-order valence-corrected chi connectivity index (χ4v) is 13.8. The van der Waals surface area contributed by atoms with E-state index in [0.29, 0.717) is 37.5 Å². The molecule has 4 unspecified atom stereocenters. The van der Waals surface area contributed by atoms with Crippen LogP contribution in [0.15, 0.2) is 0 Å². The van der Waals surface area contributed by atoms with E-state index in [2.05, 4.69) is 55.4 Å². The van der Waals surface area contributed by atoms with Crippen molar-refractivity contribution in [2.75, 3.05) is 39.6 Å². The molecule has 0 heterocycles. The highest BCUT2D eigenvalue weighted by atomic mass is 31.2. The van der Waals surface area contributed by atoms with Gasteiger partial charge in [0.2, 0.25) is 0 Å². The lowest BCUT2D eigenvalue weighted by Gasteiger charge is -2.21. The highest BCUT2D eigenvalue weighted by Crippen LogP contribution is 2.45. The molecule has 0 aromatic carbocycles. The minimum absolute atomic E-state index is 0.104. The van der Waals surface area contributed by atoms with Crippen LogP contribution in [0.25, 0.3) is 0 Å². The summed E-state index contributed by atoms with van der Waals surface area (Å²) in [7, 11) is -9.92. The van der Waals surface area contributed by atoms with E-state index in [1.807, 2.05) is 0 Å². The molecule has 0 bridgehead atoms. The van der Waals surface area contributed by atoms with Gasteiger partial charge in [-0.3, -0.25) is 37.3 Å². The molecule has 19 heteroatoms. The quantitative estimate of drug-likeness (QED) is 0.0222. The van der Waals surface area contributed by atoms with E-state index in [9.17, 15) is 43.2 Å². The molecule has 0 aliphatic carbocycles. The predicted octanol–water partition coefficient (Wildman–Crippen LogP) is 23.6. The molecular formula is C80H156O17P2. The molecule has 6 atom stereocenters. The second-order valence-electron chi connectivity index (χ2n) is 30.5. The first-order valence-electron chi connectivity index (χ1n) is 41.2. The Bertz CT molecular complexity index is 1940. The fraction of sp³-hybridized carbons (Fsp3) is 0.950. The van der Waals surface area contributed by atoms with Gasteiger partial charge in [0.25, 0.3) is 0 Å². The molecule has 0 aromatic heterocycles. The molecule has 0 fully saturated rings. The second-order valence-corrected chi connectivity index (χ2v) is 33.4. The van der Waals surface area contributed by atoms with Crippen LogP contribution < -0.4 is 0 Å². The number of hydrogen-bond donors (Lipinski definition) is 3. The zero-order chi connectivity index (χ0) is 73.1. The summed E-state index contributed by atoms with van der Waals surface area (Å²) in [5.74, 6) is 0.950. The summed E-state index contributed by atoms with van der Waals surface area (Å²) in [6, 6.07) is 0. The Morgan fingerprint density at radius 3 is 0.717 bits per heavy atom. The number of carbonyl (C=O) groups excluding carboxylic acids is 4. The van der Waals surface area contributed by atoms with Gasteiger partial charge in [0, 0.05) is 25.7 Å². The van der Waals surface area contributed by atoms with Crippen LogP contribution >= 0.6 is 15.6 Å². The number of rotatable bonds is 77. The molecule has 0 saturated heterocycles. The van der Waals surface area contributed by atoms with E-state index in [0.717, 1.165) is 108 Å². The van der Waals surface area contributed by atoms with Gasteiger partial charge in [0.05, 0.1) is 26.4 Å². The molecule has 0 saturated carbocycles. The van der Waals surface area contributed by atoms with Crippen LogP contribution in [0, 0.1) is 23.7 Å². The maximum atomic E-state index is 13.1. The number of aliphatic hydroxyl groups is 1. The summed E-state index contributed by atoms with van der Waals surface area (Å²) in [5, 5.41) is 10.6. The number of carbonyl (C=O) groups is 4. The third-order valence-electron chi connectivity index (χ3n) is 18.9. The molecular weight excluding hydrogens is 1290 g/mol. The predicted molar refractivity (Wildman–Crippen MR) is 404 cm³/mol. The Hall–Kier alpha value is -1.94. The number of unbranched alkanes of at least 4 members (excludes halogenated alkanes) is 42. The standard InChI is InChI=1S/C80H156O17P2/c1-9-73(8)59-51-43-35-27-23-19-16-17-21-25-29-37-46-54-62-79(84)96-75(67-91-78(83)61-53-45-38-30-33-41-49-57-71(4)5)68-94-98(86,87)92-64-74(81)65-93-99(88,89)95-69-76(97-80(85)63-55-47-39-31-34-42-50-58-72(6)7)66-90-77(82)60-52-44-36-28-24-20-15-13-11-10-12-14-18-22-26-32-40-48-56-70(2)3/h70-76,81H,9-69H2,1-8H3,(H,86,87)(H,88,89)/t73?,74?,75-,76-/m1/s1. The van der Waals surface area contributed by atoms with Crippen LogP contribution in [0.2, 0.25) is 0 Å². The first-order valence-corrected chi connectivity index (χ1v) is 44.2. The lowest BCUT2D eigenvalue weighted by atomic mass is 9.99. The third kappa shape index (κ3) is 72.8. The zero-order valence-electron chi connectivity index (χ0n) is 65.1. The van der Waals surface area contributed by atoms with Crippen molar-refractivity contribution < 1.29 is 80.2 Å². The summed E-state index contributed by atoms with van der Waals surface area (Å²) in [6.07, 6.45) is 55.8. The maximum absolute atomic E-state index is 13.1. The van der Waals surface area contributed by atoms with Crippen LogP contribution in [0.3, 0.4) is 0 Å². The average Bonchev–Trinajstić information content (AvgIpc) is 2.01. The van der Waals surface area contributed by atoms with Crippen molar-refractivity contribution in [2.24, 2.45) is 23.7 Å². The molecule has 588 valence electrons. The van der Waals surface area contributed by atoms with E-state index >= 15 is 0 Å². The number of phosphoric acid groups is 2. The molecule has 3 N–H and O–H groups in total. The van der Waals surface area contributed by atoms with Crippen LogP contribution in [-0.4, -0.2) is 96.7 Å². The summed E-state index contributed by atoms with van der Waals surface area (Å²) in [5.41, 5.74) is 0. The van der Waals surface area contributed by atoms with Crippen molar-refractivity contribution in [1.82, 2.24) is 0 Å². The molecule has 0 radical (unpaired) electrons. The van der Waals surface area contributed by atoms with Gasteiger partial charge < -0.3 is 33.8 Å². The normalized spacial score (nSPS) is 14.3. The zero-order valence-corrected chi connectivity index (χ0v) is 66.9. The Kier molecular flexibility index (Phi) is 67.8. The average molecular weight is 1450 g/mol. The fourth-order valence-electron chi connectivity index (χ4n) is 12.2. The van der Waals surface area contributed by atoms with Gasteiger partial charge in [-0.05, 0) is 49.4 Å². The number of aliphatic hydroxyl groups excluding tert-OH is 1. The van der Waals surface area contributed by atoms with Gasteiger partial charge in [-0.25, -0.2) is 9.13 Å². The van der Waals surface area contributed by atoms with Crippen molar-refractivity contribution in [3.05, 3.63) is 0 Å². The first-order chi connectivity index (χ1) is 47.6. The third-order valence-corrected chi connectivity index (χ3v) is 20.8. The van der Waals surface area contributed by atoms with Crippen molar-refractivity contribution >= 4 is 39.5 Å². The van der Waals surface area contributed by atoms with Gasteiger partial charge >= 0.3 is 39.5 Å². The minimum atomic E-state index is -4.96. The monoisotopic (exact) mass is 1450 g/mol. The number of esters is 4. The van der Waals surface area contributed by atoms with Crippen molar-refractivity contribution in [3.63, 3.8) is 0 Å². The van der Waals surface area contributed by atoms with Gasteiger partial charge in [0.1, 0.15) is 19.3 Å². The minimum Gasteiger partial charge on any atom is -0.462 e.